The van der Waals surface area contributed by atoms with E-state index in [1.165, 1.54) is 28.0 Å². The first-order valence-corrected chi connectivity index (χ1v) is 12.4. The zero-order valence-electron chi connectivity index (χ0n) is 21.1. The van der Waals surface area contributed by atoms with E-state index in [0.29, 0.717) is 33.4 Å². The van der Waals surface area contributed by atoms with E-state index < -0.39 is 11.8 Å². The summed E-state index contributed by atoms with van der Waals surface area (Å²) in [5.74, 6) is -0.0762. The number of fused-ring (bicyclic) bond motifs is 1. The summed E-state index contributed by atoms with van der Waals surface area (Å²) in [6, 6.07) is 5.40. The predicted molar refractivity (Wildman–Crippen MR) is 144 cm³/mol. The topological polar surface area (TPSA) is 134 Å². The van der Waals surface area contributed by atoms with Crippen LogP contribution in [0.2, 0.25) is 0 Å². The molecule has 0 aliphatic rings. The minimum Gasteiger partial charge on any atom is -0.395 e. The minimum absolute atomic E-state index is 0.0719. The van der Waals surface area contributed by atoms with Crippen molar-refractivity contribution in [1.82, 2.24) is 19.7 Å². The first kappa shape index (κ1) is 26.2. The lowest BCUT2D eigenvalue weighted by atomic mass is 9.98. The standard InChI is InChI=1S/C25H28FN7O3S/c1-13-8-17(26)18(29-23(36)30-24-32-31-22(37-24)25(2,3)4)10-15(13)16-9-14-12-28-20(27-5)11-19(14)33(6-7-34)21(16)35/h8-12,34H,6-7H2,1-5H3,(H,27,28)(H2,29,30,32,36). The molecule has 0 saturated heterocycles. The van der Waals surface area contributed by atoms with Gasteiger partial charge in [0.1, 0.15) is 16.6 Å². The van der Waals surface area contributed by atoms with Gasteiger partial charge < -0.3 is 20.3 Å². The molecule has 3 heterocycles. The van der Waals surface area contributed by atoms with Gasteiger partial charge >= 0.3 is 6.03 Å². The second kappa shape index (κ2) is 10.2. The maximum atomic E-state index is 14.8. The molecule has 0 fully saturated rings. The number of halogens is 1. The number of urea groups is 1. The molecular formula is C25H28FN7O3S. The number of aromatic nitrogens is 4. The molecule has 10 nitrogen and oxygen atoms in total. The molecule has 0 saturated carbocycles. The maximum absolute atomic E-state index is 14.8. The third kappa shape index (κ3) is 5.44. The number of hydrogen-bond acceptors (Lipinski definition) is 8. The van der Waals surface area contributed by atoms with Gasteiger partial charge in [0.25, 0.3) is 5.56 Å². The highest BCUT2D eigenvalue weighted by atomic mass is 32.1. The summed E-state index contributed by atoms with van der Waals surface area (Å²) >= 11 is 1.23. The largest absolute Gasteiger partial charge is 0.395 e. The number of carbonyl (C=O) groups is 1. The Morgan fingerprint density at radius 3 is 2.54 bits per heavy atom. The number of aliphatic hydroxyl groups is 1. The number of amides is 2. The number of pyridine rings is 2. The van der Waals surface area contributed by atoms with Gasteiger partial charge in [0.05, 0.1) is 17.8 Å². The average molecular weight is 526 g/mol. The molecule has 2 amide bonds. The van der Waals surface area contributed by atoms with E-state index in [2.05, 4.69) is 31.1 Å². The normalized spacial score (nSPS) is 11.5. The SMILES string of the molecule is CNc1cc2c(cn1)cc(-c1cc(NC(=O)Nc3nnc(C(C)(C)C)s3)c(F)cc1C)c(=O)n2CCO. The van der Waals surface area contributed by atoms with Crippen LogP contribution in [0, 0.1) is 12.7 Å². The van der Waals surface area contributed by atoms with E-state index in [4.69, 9.17) is 0 Å². The summed E-state index contributed by atoms with van der Waals surface area (Å²) in [5.41, 5.74) is 1.16. The molecule has 3 aromatic heterocycles. The summed E-state index contributed by atoms with van der Waals surface area (Å²) in [4.78, 5) is 30.4. The average Bonchev–Trinajstić information content (AvgIpc) is 3.31. The Morgan fingerprint density at radius 2 is 1.89 bits per heavy atom. The Kier molecular flexibility index (Phi) is 7.23. The van der Waals surface area contributed by atoms with Gasteiger partial charge in [0.2, 0.25) is 5.13 Å². The molecule has 0 aliphatic heterocycles. The molecule has 0 spiro atoms. The van der Waals surface area contributed by atoms with Crippen LogP contribution in [0.3, 0.4) is 0 Å². The van der Waals surface area contributed by atoms with E-state index in [1.54, 1.807) is 32.3 Å². The lowest BCUT2D eigenvalue weighted by Gasteiger charge is -2.15. The fourth-order valence-corrected chi connectivity index (χ4v) is 4.61. The molecule has 37 heavy (non-hydrogen) atoms. The number of aliphatic hydroxyl groups excluding tert-OH is 1. The first-order valence-electron chi connectivity index (χ1n) is 11.6. The second-order valence-corrected chi connectivity index (χ2v) is 10.5. The van der Waals surface area contributed by atoms with Crippen molar-refractivity contribution in [2.24, 2.45) is 0 Å². The van der Waals surface area contributed by atoms with Crippen LogP contribution in [-0.2, 0) is 12.0 Å². The van der Waals surface area contributed by atoms with Gasteiger partial charge in [-0.3, -0.25) is 10.1 Å². The maximum Gasteiger partial charge on any atom is 0.325 e. The highest BCUT2D eigenvalue weighted by Gasteiger charge is 2.21. The lowest BCUT2D eigenvalue weighted by molar-refractivity contribution is 0.262. The lowest BCUT2D eigenvalue weighted by Crippen LogP contribution is -2.24. The summed E-state index contributed by atoms with van der Waals surface area (Å²) in [6.07, 6.45) is 1.62. The van der Waals surface area contributed by atoms with Gasteiger partial charge in [-0.05, 0) is 36.2 Å². The Hall–Kier alpha value is -3.90. The quantitative estimate of drug-likeness (QED) is 0.294. The number of carbonyl (C=O) groups excluding carboxylic acids is 1. The van der Waals surface area contributed by atoms with Crippen LogP contribution in [0.5, 0.6) is 0 Å². The van der Waals surface area contributed by atoms with Crippen molar-refractivity contribution in [3.05, 3.63) is 57.2 Å². The molecule has 0 unspecified atom stereocenters. The molecule has 0 aliphatic carbocycles. The summed E-state index contributed by atoms with van der Waals surface area (Å²) in [5, 5.41) is 27.4. The monoisotopic (exact) mass is 525 g/mol. The molecule has 194 valence electrons. The van der Waals surface area contributed by atoms with E-state index in [1.807, 2.05) is 20.8 Å². The Balaban J connectivity index is 1.71. The van der Waals surface area contributed by atoms with Crippen molar-refractivity contribution in [3.63, 3.8) is 0 Å². The van der Waals surface area contributed by atoms with Gasteiger partial charge in [-0.25, -0.2) is 14.2 Å². The number of rotatable bonds is 6. The number of nitrogens with zero attached hydrogens (tertiary/aromatic N) is 4. The molecule has 4 aromatic rings. The van der Waals surface area contributed by atoms with Crippen molar-refractivity contribution < 1.29 is 14.3 Å². The third-order valence-corrected chi connectivity index (χ3v) is 6.96. The van der Waals surface area contributed by atoms with Crippen molar-refractivity contribution in [2.75, 3.05) is 29.6 Å². The van der Waals surface area contributed by atoms with Crippen LogP contribution in [0.15, 0.2) is 35.3 Å². The van der Waals surface area contributed by atoms with Crippen LogP contribution < -0.4 is 21.5 Å². The zero-order valence-corrected chi connectivity index (χ0v) is 22.0. The molecule has 0 radical (unpaired) electrons. The first-order chi connectivity index (χ1) is 17.5. The Morgan fingerprint density at radius 1 is 1.14 bits per heavy atom. The van der Waals surface area contributed by atoms with E-state index in [9.17, 15) is 19.1 Å². The summed E-state index contributed by atoms with van der Waals surface area (Å²) in [7, 11) is 1.72. The van der Waals surface area contributed by atoms with E-state index >= 15 is 0 Å². The van der Waals surface area contributed by atoms with Crippen molar-refractivity contribution >= 4 is 44.9 Å². The summed E-state index contributed by atoms with van der Waals surface area (Å²) < 4.78 is 16.3. The fraction of sp³-hybridized carbons (Fsp3) is 0.320. The smallest absolute Gasteiger partial charge is 0.325 e. The van der Waals surface area contributed by atoms with Gasteiger partial charge in [0.15, 0.2) is 0 Å². The molecule has 12 heteroatoms. The van der Waals surface area contributed by atoms with Crippen molar-refractivity contribution in [2.45, 2.75) is 39.7 Å². The predicted octanol–water partition coefficient (Wildman–Crippen LogP) is 4.34. The molecular weight excluding hydrogens is 497 g/mol. The van der Waals surface area contributed by atoms with Gasteiger partial charge in [-0.1, -0.05) is 32.1 Å². The Bertz CT molecular complexity index is 1540. The number of aryl methyl sites for hydroxylation is 1. The number of anilines is 3. The van der Waals surface area contributed by atoms with Gasteiger partial charge in [-0.2, -0.15) is 0 Å². The number of benzene rings is 1. The second-order valence-electron chi connectivity index (χ2n) is 9.51. The van der Waals surface area contributed by atoms with Gasteiger partial charge in [0, 0.05) is 42.2 Å². The van der Waals surface area contributed by atoms with Crippen LogP contribution in [-0.4, -0.2) is 44.5 Å². The summed E-state index contributed by atoms with van der Waals surface area (Å²) in [6.45, 7) is 7.46. The third-order valence-electron chi connectivity index (χ3n) is 5.70. The fourth-order valence-electron chi connectivity index (χ4n) is 3.81. The number of nitrogens with one attached hydrogen (secondary N) is 3. The molecule has 4 N–H and O–H groups in total. The minimum atomic E-state index is -0.690. The Labute approximate surface area is 216 Å². The molecule has 4 rings (SSSR count). The van der Waals surface area contributed by atoms with E-state index in [0.717, 1.165) is 5.01 Å². The zero-order chi connectivity index (χ0) is 26.9. The van der Waals surface area contributed by atoms with E-state index in [-0.39, 0.29) is 34.9 Å². The molecule has 0 atom stereocenters. The molecule has 1 aromatic carbocycles. The van der Waals surface area contributed by atoms with Crippen LogP contribution >= 0.6 is 11.3 Å². The number of hydrogen-bond donors (Lipinski definition) is 4. The highest BCUT2D eigenvalue weighted by Crippen LogP contribution is 2.30. The van der Waals surface area contributed by atoms with Crippen LogP contribution in [0.25, 0.3) is 22.0 Å². The van der Waals surface area contributed by atoms with Crippen molar-refractivity contribution in [3.8, 4) is 11.1 Å². The van der Waals surface area contributed by atoms with Crippen LogP contribution in [0.4, 0.5) is 25.8 Å². The van der Waals surface area contributed by atoms with Gasteiger partial charge in [-0.15, -0.1) is 10.2 Å². The highest BCUT2D eigenvalue weighted by molar-refractivity contribution is 7.15. The molecule has 0 bridgehead atoms. The van der Waals surface area contributed by atoms with Crippen molar-refractivity contribution in [1.29, 1.82) is 0 Å². The van der Waals surface area contributed by atoms with Crippen LogP contribution in [0.1, 0.15) is 31.3 Å².